The van der Waals surface area contributed by atoms with Gasteiger partial charge < -0.3 is 14.6 Å². The molecule has 0 saturated carbocycles. The third-order valence-electron chi connectivity index (χ3n) is 7.37. The Hall–Kier alpha value is -3.49. The zero-order valence-corrected chi connectivity index (χ0v) is 20.7. The van der Waals surface area contributed by atoms with E-state index in [-0.39, 0.29) is 5.43 Å². The van der Waals surface area contributed by atoms with Gasteiger partial charge in [-0.25, -0.2) is 4.98 Å². The summed E-state index contributed by atoms with van der Waals surface area (Å²) in [7, 11) is 0. The van der Waals surface area contributed by atoms with Crippen LogP contribution in [0.5, 0.6) is 0 Å². The molecule has 0 atom stereocenters. The van der Waals surface area contributed by atoms with E-state index in [2.05, 4.69) is 51.5 Å². The topological polar surface area (TPSA) is 77.2 Å². The fraction of sp³-hybridized carbons (Fsp3) is 0.393. The van der Waals surface area contributed by atoms with Crippen molar-refractivity contribution in [2.45, 2.75) is 38.9 Å². The van der Waals surface area contributed by atoms with E-state index in [9.17, 15) is 4.79 Å². The molecule has 36 heavy (non-hydrogen) atoms. The van der Waals surface area contributed by atoms with E-state index in [0.717, 1.165) is 70.0 Å². The normalized spacial score (nSPS) is 16.5. The zero-order valence-electron chi connectivity index (χ0n) is 20.7. The summed E-state index contributed by atoms with van der Waals surface area (Å²) in [5, 5.41) is 8.79. The lowest BCUT2D eigenvalue weighted by molar-refractivity contribution is 0.0360. The molecule has 0 amide bonds. The van der Waals surface area contributed by atoms with Crippen molar-refractivity contribution in [1.29, 1.82) is 0 Å². The maximum atomic E-state index is 13.6. The van der Waals surface area contributed by atoms with Crippen LogP contribution in [-0.2, 0) is 30.7 Å². The van der Waals surface area contributed by atoms with Gasteiger partial charge in [-0.15, -0.1) is 0 Å². The van der Waals surface area contributed by atoms with Gasteiger partial charge in [0.15, 0.2) is 5.43 Å². The number of nitrogens with one attached hydrogen (secondary N) is 1. The van der Waals surface area contributed by atoms with Gasteiger partial charge in [-0.1, -0.05) is 24.3 Å². The highest BCUT2D eigenvalue weighted by Crippen LogP contribution is 2.26. The van der Waals surface area contributed by atoms with Gasteiger partial charge in [0.2, 0.25) is 0 Å². The van der Waals surface area contributed by atoms with Crippen LogP contribution in [0.25, 0.3) is 22.2 Å². The Bertz CT molecular complexity index is 1410. The monoisotopic (exact) mass is 484 g/mol. The molecule has 0 radical (unpaired) electrons. The molecule has 3 aromatic heterocycles. The lowest BCUT2D eigenvalue weighted by atomic mass is 10.1. The summed E-state index contributed by atoms with van der Waals surface area (Å²) in [5.74, 6) is 0. The van der Waals surface area contributed by atoms with Crippen molar-refractivity contribution in [2.75, 3.05) is 38.2 Å². The molecule has 0 bridgehead atoms. The second kappa shape index (κ2) is 9.87. The van der Waals surface area contributed by atoms with E-state index in [1.807, 2.05) is 33.9 Å². The number of benzene rings is 1. The minimum Gasteiger partial charge on any atom is -0.380 e. The number of aryl methyl sites for hydroxylation is 1. The smallest absolute Gasteiger partial charge is 0.199 e. The number of hydrogen-bond acceptors (Lipinski definition) is 6. The summed E-state index contributed by atoms with van der Waals surface area (Å²) in [6.45, 7) is 8.00. The highest BCUT2D eigenvalue weighted by Gasteiger charge is 2.21. The van der Waals surface area contributed by atoms with Crippen LogP contribution in [0.4, 0.5) is 5.69 Å². The molecule has 1 aromatic carbocycles. The molecule has 1 saturated heterocycles. The van der Waals surface area contributed by atoms with Crippen LogP contribution in [0, 0.1) is 0 Å². The van der Waals surface area contributed by atoms with Crippen molar-refractivity contribution in [2.24, 2.45) is 0 Å². The molecular weight excluding hydrogens is 452 g/mol. The Morgan fingerprint density at radius 3 is 2.58 bits per heavy atom. The average Bonchev–Trinajstić information content (AvgIpc) is 3.55. The summed E-state index contributed by atoms with van der Waals surface area (Å²) >= 11 is 0. The third kappa shape index (κ3) is 4.54. The Morgan fingerprint density at radius 2 is 1.83 bits per heavy atom. The number of pyridine rings is 2. The molecule has 6 rings (SSSR count). The van der Waals surface area contributed by atoms with E-state index in [1.54, 1.807) is 6.20 Å². The first-order valence-electron chi connectivity index (χ1n) is 12.9. The quantitative estimate of drug-likeness (QED) is 0.434. The third-order valence-corrected chi connectivity index (χ3v) is 7.37. The van der Waals surface area contributed by atoms with Crippen LogP contribution in [0.3, 0.4) is 0 Å². The first-order chi connectivity index (χ1) is 17.7. The predicted molar refractivity (Wildman–Crippen MR) is 141 cm³/mol. The van der Waals surface area contributed by atoms with Gasteiger partial charge in [0.05, 0.1) is 43.2 Å². The standard InChI is InChI=1S/C28H32N6O2/c1-2-33-19-26(22-16-30-34(18-22)8-7-32-9-11-36-12-10-32)27(35)25-15-24(17-29-28(25)33)31-23-13-20-5-3-4-6-21(20)14-23/h3-6,15-19,23,31H,2,7-14H2,1H3. The van der Waals surface area contributed by atoms with Crippen LogP contribution in [0.15, 0.2) is 59.9 Å². The van der Waals surface area contributed by atoms with Gasteiger partial charge in [0.1, 0.15) is 5.65 Å². The molecule has 4 heterocycles. The first kappa shape index (κ1) is 22.9. The molecule has 1 N–H and O–H groups in total. The molecule has 8 nitrogen and oxygen atoms in total. The van der Waals surface area contributed by atoms with Crippen LogP contribution >= 0.6 is 0 Å². The van der Waals surface area contributed by atoms with E-state index < -0.39 is 0 Å². The Kier molecular flexibility index (Phi) is 6.29. The van der Waals surface area contributed by atoms with Crippen molar-refractivity contribution in [3.05, 3.63) is 76.5 Å². The fourth-order valence-corrected chi connectivity index (χ4v) is 5.39. The van der Waals surface area contributed by atoms with E-state index in [1.165, 1.54) is 11.1 Å². The van der Waals surface area contributed by atoms with Gasteiger partial charge in [-0.2, -0.15) is 5.10 Å². The number of ether oxygens (including phenoxy) is 1. The maximum absolute atomic E-state index is 13.6. The molecule has 8 heteroatoms. The Morgan fingerprint density at radius 1 is 1.06 bits per heavy atom. The van der Waals surface area contributed by atoms with Crippen molar-refractivity contribution in [3.8, 4) is 11.1 Å². The molecule has 1 aliphatic heterocycles. The SMILES string of the molecule is CCn1cc(-c2cnn(CCN3CCOCC3)c2)c(=O)c2cc(NC3Cc4ccccc4C3)cnc21. The minimum absolute atomic E-state index is 0.00622. The maximum Gasteiger partial charge on any atom is 0.199 e. The lowest BCUT2D eigenvalue weighted by Crippen LogP contribution is -2.38. The summed E-state index contributed by atoms with van der Waals surface area (Å²) < 4.78 is 9.41. The highest BCUT2D eigenvalue weighted by atomic mass is 16.5. The van der Waals surface area contributed by atoms with E-state index in [0.29, 0.717) is 22.6 Å². The number of hydrogen-bond donors (Lipinski definition) is 1. The first-order valence-corrected chi connectivity index (χ1v) is 12.9. The van der Waals surface area contributed by atoms with Crippen LogP contribution in [0.2, 0.25) is 0 Å². The van der Waals surface area contributed by atoms with Gasteiger partial charge in [-0.05, 0) is 37.0 Å². The zero-order chi connectivity index (χ0) is 24.5. The fourth-order valence-electron chi connectivity index (χ4n) is 5.39. The van der Waals surface area contributed by atoms with Gasteiger partial charge in [-0.3, -0.25) is 14.4 Å². The molecular formula is C28H32N6O2. The van der Waals surface area contributed by atoms with Gasteiger partial charge in [0, 0.05) is 55.7 Å². The number of rotatable bonds is 7. The van der Waals surface area contributed by atoms with Crippen molar-refractivity contribution >= 4 is 16.7 Å². The molecule has 1 aliphatic carbocycles. The van der Waals surface area contributed by atoms with Crippen LogP contribution in [0.1, 0.15) is 18.1 Å². The second-order valence-corrected chi connectivity index (χ2v) is 9.72. The number of aromatic nitrogens is 4. The van der Waals surface area contributed by atoms with Crippen LogP contribution in [-0.4, -0.2) is 63.1 Å². The molecule has 0 unspecified atom stereocenters. The molecule has 0 spiro atoms. The van der Waals surface area contributed by atoms with Gasteiger partial charge >= 0.3 is 0 Å². The predicted octanol–water partition coefficient (Wildman–Crippen LogP) is 3.19. The minimum atomic E-state index is -0.00622. The van der Waals surface area contributed by atoms with Gasteiger partial charge in [0.25, 0.3) is 0 Å². The van der Waals surface area contributed by atoms with Crippen LogP contribution < -0.4 is 10.7 Å². The summed E-state index contributed by atoms with van der Waals surface area (Å²) in [6, 6.07) is 10.9. The van der Waals surface area contributed by atoms with Crippen molar-refractivity contribution in [3.63, 3.8) is 0 Å². The number of nitrogens with zero attached hydrogens (tertiary/aromatic N) is 5. The van der Waals surface area contributed by atoms with Crippen molar-refractivity contribution < 1.29 is 4.74 Å². The van der Waals surface area contributed by atoms with E-state index in [4.69, 9.17) is 4.74 Å². The average molecular weight is 485 g/mol. The highest BCUT2D eigenvalue weighted by molar-refractivity contribution is 5.83. The number of anilines is 1. The molecule has 2 aliphatic rings. The summed E-state index contributed by atoms with van der Waals surface area (Å²) in [4.78, 5) is 20.7. The van der Waals surface area contributed by atoms with E-state index >= 15 is 0 Å². The molecule has 4 aromatic rings. The lowest BCUT2D eigenvalue weighted by Gasteiger charge is -2.26. The molecule has 186 valence electrons. The Labute approximate surface area is 210 Å². The Balaban J connectivity index is 1.25. The number of morpholine rings is 1. The number of fused-ring (bicyclic) bond motifs is 2. The van der Waals surface area contributed by atoms with Crippen molar-refractivity contribution in [1.82, 2.24) is 24.2 Å². The summed E-state index contributed by atoms with van der Waals surface area (Å²) in [6.07, 6.45) is 9.51. The molecule has 1 fully saturated rings. The summed E-state index contributed by atoms with van der Waals surface area (Å²) in [5.41, 5.74) is 5.89. The largest absolute Gasteiger partial charge is 0.380 e. The second-order valence-electron chi connectivity index (χ2n) is 9.72.